The van der Waals surface area contributed by atoms with Crippen LogP contribution >= 0.6 is 0 Å². The van der Waals surface area contributed by atoms with Crippen molar-refractivity contribution in [3.05, 3.63) is 0 Å². The highest BCUT2D eigenvalue weighted by atomic mass is 16.4. The Bertz CT molecular complexity index is 250. The van der Waals surface area contributed by atoms with E-state index in [1.807, 2.05) is 7.05 Å². The molecule has 0 rings (SSSR count). The molecule has 96 valence electrons. The number of likely N-dealkylation sites (N-methyl/N-ethyl adjacent to an activating group) is 1. The molecule has 0 saturated carbocycles. The Morgan fingerprint density at radius 3 is 1.88 bits per heavy atom. The molecule has 1 unspecified atom stereocenters. The first-order valence-electron chi connectivity index (χ1n) is 5.66. The average Bonchev–Trinajstić information content (AvgIpc) is 1.95. The monoisotopic (exact) mass is 232 g/mol. The van der Waals surface area contributed by atoms with E-state index in [-0.39, 0.29) is 12.0 Å². The molecule has 0 aliphatic rings. The number of carboxylic acids is 1. The number of carboxylic acid groups (broad SMARTS) is 1. The zero-order valence-electron chi connectivity index (χ0n) is 11.4. The summed E-state index contributed by atoms with van der Waals surface area (Å²) >= 11 is 0. The van der Waals surface area contributed by atoms with Crippen molar-refractivity contribution < 1.29 is 19.5 Å². The number of nitrogens with zero attached hydrogens (tertiary/aromatic N) is 1. The van der Waals surface area contributed by atoms with Crippen molar-refractivity contribution in [2.45, 2.75) is 52.2 Å². The minimum Gasteiger partial charge on any atom is -0.481 e. The zero-order chi connectivity index (χ0) is 13.2. The number of hydrogen-bond donors (Lipinski definition) is 2. The van der Waals surface area contributed by atoms with E-state index in [1.165, 1.54) is 0 Å². The normalized spacial score (nSPS) is 16.9. The maximum absolute atomic E-state index is 10.7. The van der Waals surface area contributed by atoms with E-state index in [9.17, 15) is 9.90 Å². The molecule has 2 N–H and O–H groups in total. The van der Waals surface area contributed by atoms with E-state index in [1.54, 1.807) is 13.8 Å². The molecule has 4 heteroatoms. The number of quaternary nitrogens is 1. The fraction of sp³-hybridized carbons (Fsp3) is 0.917. The molecule has 16 heavy (non-hydrogen) atoms. The van der Waals surface area contributed by atoms with Crippen molar-refractivity contribution in [1.29, 1.82) is 0 Å². The SMILES string of the molecule is CC(C)(O)C[N+](C)(CCC(=O)O)C(C)(C)C. The van der Waals surface area contributed by atoms with Crippen LogP contribution in [0.1, 0.15) is 41.0 Å². The summed E-state index contributed by atoms with van der Waals surface area (Å²) in [5, 5.41) is 18.7. The lowest BCUT2D eigenvalue weighted by Crippen LogP contribution is -2.62. The smallest absolute Gasteiger partial charge is 0.309 e. The van der Waals surface area contributed by atoms with Crippen molar-refractivity contribution in [2.24, 2.45) is 0 Å². The summed E-state index contributed by atoms with van der Waals surface area (Å²) in [6, 6.07) is 0. The van der Waals surface area contributed by atoms with Gasteiger partial charge in [-0.05, 0) is 34.6 Å². The van der Waals surface area contributed by atoms with Crippen molar-refractivity contribution in [3.8, 4) is 0 Å². The van der Waals surface area contributed by atoms with Gasteiger partial charge in [-0.1, -0.05) is 0 Å². The van der Waals surface area contributed by atoms with Crippen LogP contribution in [0.2, 0.25) is 0 Å². The molecule has 0 radical (unpaired) electrons. The third-order valence-corrected chi connectivity index (χ3v) is 3.17. The highest BCUT2D eigenvalue weighted by Crippen LogP contribution is 2.25. The van der Waals surface area contributed by atoms with Gasteiger partial charge < -0.3 is 14.7 Å². The van der Waals surface area contributed by atoms with Gasteiger partial charge in [-0.2, -0.15) is 0 Å². The molecule has 0 bridgehead atoms. The Labute approximate surface area is 98.5 Å². The Morgan fingerprint density at radius 2 is 1.62 bits per heavy atom. The van der Waals surface area contributed by atoms with Gasteiger partial charge in [0.05, 0.1) is 25.6 Å². The van der Waals surface area contributed by atoms with Crippen molar-refractivity contribution in [3.63, 3.8) is 0 Å². The van der Waals surface area contributed by atoms with Crippen LogP contribution in [-0.4, -0.2) is 51.9 Å². The molecule has 0 aromatic rings. The molecule has 0 heterocycles. The predicted octanol–water partition coefficient (Wildman–Crippen LogP) is 1.48. The van der Waals surface area contributed by atoms with E-state index >= 15 is 0 Å². The lowest BCUT2D eigenvalue weighted by molar-refractivity contribution is -0.957. The van der Waals surface area contributed by atoms with E-state index in [4.69, 9.17) is 5.11 Å². The molecular formula is C12H26NO3+. The largest absolute Gasteiger partial charge is 0.481 e. The van der Waals surface area contributed by atoms with Gasteiger partial charge >= 0.3 is 5.97 Å². The molecule has 0 amide bonds. The molecule has 0 aromatic heterocycles. The maximum atomic E-state index is 10.7. The van der Waals surface area contributed by atoms with Gasteiger partial charge in [0.1, 0.15) is 12.1 Å². The standard InChI is InChI=1S/C12H25NO3/c1-11(2,3)13(6,8-7-10(14)15)9-12(4,5)16/h16H,7-9H2,1-6H3/p+1. The number of aliphatic carboxylic acids is 1. The van der Waals surface area contributed by atoms with Crippen LogP contribution in [0.25, 0.3) is 0 Å². The van der Waals surface area contributed by atoms with E-state index in [0.29, 0.717) is 17.6 Å². The Balaban J connectivity index is 4.83. The second-order valence-corrected chi connectivity index (χ2v) is 6.40. The lowest BCUT2D eigenvalue weighted by Gasteiger charge is -2.48. The van der Waals surface area contributed by atoms with Crippen LogP contribution in [0.3, 0.4) is 0 Å². The van der Waals surface area contributed by atoms with Gasteiger partial charge in [-0.15, -0.1) is 0 Å². The summed E-state index contributed by atoms with van der Waals surface area (Å²) < 4.78 is 0.544. The summed E-state index contributed by atoms with van der Waals surface area (Å²) in [5.41, 5.74) is -0.879. The first-order valence-corrected chi connectivity index (χ1v) is 5.66. The summed E-state index contributed by atoms with van der Waals surface area (Å²) in [6.45, 7) is 10.8. The van der Waals surface area contributed by atoms with Crippen LogP contribution in [0.4, 0.5) is 0 Å². The number of rotatable bonds is 5. The van der Waals surface area contributed by atoms with E-state index < -0.39 is 11.6 Å². The molecule has 1 atom stereocenters. The lowest BCUT2D eigenvalue weighted by atomic mass is 9.97. The van der Waals surface area contributed by atoms with Gasteiger partial charge in [0.15, 0.2) is 0 Å². The van der Waals surface area contributed by atoms with Gasteiger partial charge in [0.2, 0.25) is 0 Å². The quantitative estimate of drug-likeness (QED) is 0.706. The zero-order valence-corrected chi connectivity index (χ0v) is 11.4. The molecule has 0 fully saturated rings. The second-order valence-electron chi connectivity index (χ2n) is 6.40. The van der Waals surface area contributed by atoms with Gasteiger partial charge in [-0.25, -0.2) is 0 Å². The van der Waals surface area contributed by atoms with Crippen LogP contribution in [0.15, 0.2) is 0 Å². The summed E-state index contributed by atoms with van der Waals surface area (Å²) in [5.74, 6) is -0.788. The Kier molecular flexibility index (Phi) is 4.54. The molecule has 0 aliphatic carbocycles. The fourth-order valence-electron chi connectivity index (χ4n) is 1.85. The molecule has 0 saturated heterocycles. The van der Waals surface area contributed by atoms with Gasteiger partial charge in [-0.3, -0.25) is 4.79 Å². The van der Waals surface area contributed by atoms with Crippen LogP contribution in [0, 0.1) is 0 Å². The number of carbonyl (C=O) groups is 1. The van der Waals surface area contributed by atoms with Crippen LogP contribution < -0.4 is 0 Å². The first-order chi connectivity index (χ1) is 6.87. The maximum Gasteiger partial charge on any atom is 0.309 e. The molecule has 4 nitrogen and oxygen atoms in total. The van der Waals surface area contributed by atoms with E-state index in [2.05, 4.69) is 20.8 Å². The molecule has 0 aliphatic heterocycles. The Hall–Kier alpha value is -0.610. The minimum atomic E-state index is -0.791. The third-order valence-electron chi connectivity index (χ3n) is 3.17. The van der Waals surface area contributed by atoms with Crippen molar-refractivity contribution in [2.75, 3.05) is 20.1 Å². The summed E-state index contributed by atoms with van der Waals surface area (Å²) in [7, 11) is 2.00. The highest BCUT2D eigenvalue weighted by molar-refractivity contribution is 5.66. The summed E-state index contributed by atoms with van der Waals surface area (Å²) in [4.78, 5) is 10.7. The van der Waals surface area contributed by atoms with Crippen LogP contribution in [0.5, 0.6) is 0 Å². The number of aliphatic hydroxyl groups is 1. The fourth-order valence-corrected chi connectivity index (χ4v) is 1.85. The number of hydrogen-bond acceptors (Lipinski definition) is 2. The highest BCUT2D eigenvalue weighted by Gasteiger charge is 2.40. The molecule has 0 aromatic carbocycles. The topological polar surface area (TPSA) is 57.5 Å². The summed E-state index contributed by atoms with van der Waals surface area (Å²) in [6.07, 6.45) is 0.129. The van der Waals surface area contributed by atoms with Gasteiger partial charge in [0, 0.05) is 0 Å². The third kappa shape index (κ3) is 4.94. The Morgan fingerprint density at radius 1 is 1.19 bits per heavy atom. The second kappa shape index (κ2) is 4.72. The predicted molar refractivity (Wildman–Crippen MR) is 64.2 cm³/mol. The van der Waals surface area contributed by atoms with Crippen LogP contribution in [-0.2, 0) is 4.79 Å². The van der Waals surface area contributed by atoms with E-state index in [0.717, 1.165) is 0 Å². The average molecular weight is 232 g/mol. The first kappa shape index (κ1) is 15.4. The van der Waals surface area contributed by atoms with Crippen molar-refractivity contribution >= 4 is 5.97 Å². The molecular weight excluding hydrogens is 206 g/mol. The molecule has 0 spiro atoms. The van der Waals surface area contributed by atoms with Gasteiger partial charge in [0.25, 0.3) is 0 Å². The minimum absolute atomic E-state index is 0.0878. The van der Waals surface area contributed by atoms with Crippen molar-refractivity contribution in [1.82, 2.24) is 0 Å².